The summed E-state index contributed by atoms with van der Waals surface area (Å²) >= 11 is 0. The van der Waals surface area contributed by atoms with Crippen LogP contribution in [-0.4, -0.2) is 36.5 Å². The second-order valence-electron chi connectivity index (χ2n) is 6.36. The predicted octanol–water partition coefficient (Wildman–Crippen LogP) is 3.31. The third-order valence-electron chi connectivity index (χ3n) is 4.92. The van der Waals surface area contributed by atoms with Crippen LogP contribution in [-0.2, 0) is 6.18 Å². The minimum Gasteiger partial charge on any atom is -0.335 e. The Labute approximate surface area is 133 Å². The number of hydrogen-bond acceptors (Lipinski definition) is 2. The summed E-state index contributed by atoms with van der Waals surface area (Å²) in [6.45, 7) is 2.20. The summed E-state index contributed by atoms with van der Waals surface area (Å²) in [6.07, 6.45) is -0.793. The van der Waals surface area contributed by atoms with Crippen LogP contribution < -0.4 is 5.32 Å². The third-order valence-corrected chi connectivity index (χ3v) is 4.92. The number of piperidine rings is 1. The molecule has 3 nitrogen and oxygen atoms in total. The molecule has 0 radical (unpaired) electrons. The first-order valence-corrected chi connectivity index (χ1v) is 8.16. The minimum absolute atomic E-state index is 0.0486. The second kappa shape index (κ2) is 6.51. The van der Waals surface area contributed by atoms with Gasteiger partial charge in [-0.05, 0) is 50.4 Å². The van der Waals surface area contributed by atoms with Gasteiger partial charge in [-0.1, -0.05) is 18.6 Å². The Morgan fingerprint density at radius 1 is 1.17 bits per heavy atom. The summed E-state index contributed by atoms with van der Waals surface area (Å²) < 4.78 is 39.6. The molecule has 23 heavy (non-hydrogen) atoms. The molecule has 1 aromatic carbocycles. The Morgan fingerprint density at radius 2 is 1.96 bits per heavy atom. The van der Waals surface area contributed by atoms with Gasteiger partial charge in [0.05, 0.1) is 11.1 Å². The normalized spacial score (nSPS) is 25.6. The molecule has 0 aromatic heterocycles. The zero-order valence-electron chi connectivity index (χ0n) is 12.9. The number of fused-ring (bicyclic) bond motifs is 1. The predicted molar refractivity (Wildman–Crippen MR) is 81.1 cm³/mol. The number of amides is 1. The van der Waals surface area contributed by atoms with E-state index in [-0.39, 0.29) is 11.6 Å². The van der Waals surface area contributed by atoms with Crippen LogP contribution in [0, 0.1) is 5.92 Å². The van der Waals surface area contributed by atoms with Crippen LogP contribution in [0.5, 0.6) is 0 Å². The van der Waals surface area contributed by atoms with Gasteiger partial charge in [-0.15, -0.1) is 0 Å². The summed E-state index contributed by atoms with van der Waals surface area (Å²) in [6, 6.07) is 5.17. The largest absolute Gasteiger partial charge is 0.417 e. The van der Waals surface area contributed by atoms with Crippen molar-refractivity contribution in [2.45, 2.75) is 37.9 Å². The van der Waals surface area contributed by atoms with Gasteiger partial charge in [-0.25, -0.2) is 0 Å². The van der Waals surface area contributed by atoms with E-state index in [2.05, 4.69) is 5.32 Å². The van der Waals surface area contributed by atoms with Gasteiger partial charge in [0.15, 0.2) is 0 Å². The first kappa shape index (κ1) is 16.3. The molecule has 0 spiro atoms. The average Bonchev–Trinajstić information content (AvgIpc) is 2.76. The summed E-state index contributed by atoms with van der Waals surface area (Å²) in [4.78, 5) is 14.6. The lowest BCUT2D eigenvalue weighted by atomic mass is 9.89. The maximum Gasteiger partial charge on any atom is 0.417 e. The number of nitrogens with one attached hydrogen (secondary N) is 1. The monoisotopic (exact) mass is 326 g/mol. The van der Waals surface area contributed by atoms with Crippen molar-refractivity contribution in [1.82, 2.24) is 10.2 Å². The van der Waals surface area contributed by atoms with Crippen LogP contribution in [0.4, 0.5) is 13.2 Å². The molecule has 0 aliphatic carbocycles. The Kier molecular flexibility index (Phi) is 4.62. The summed E-state index contributed by atoms with van der Waals surface area (Å²) in [5.41, 5.74) is -1.06. The molecule has 2 heterocycles. The van der Waals surface area contributed by atoms with Crippen LogP contribution in [0.25, 0.3) is 0 Å². The Balaban J connectivity index is 1.92. The van der Waals surface area contributed by atoms with E-state index in [0.717, 1.165) is 44.8 Å². The molecule has 2 aliphatic heterocycles. The molecule has 0 unspecified atom stereocenters. The molecule has 6 heteroatoms. The SMILES string of the molecule is O=C(c1ccccc1C(F)(F)F)N1CCCC[C@H]2CNCC[C@H]21. The highest BCUT2D eigenvalue weighted by Gasteiger charge is 2.39. The smallest absolute Gasteiger partial charge is 0.335 e. The Bertz CT molecular complexity index is 573. The fourth-order valence-electron chi connectivity index (χ4n) is 3.79. The van der Waals surface area contributed by atoms with Crippen LogP contribution in [0.15, 0.2) is 24.3 Å². The van der Waals surface area contributed by atoms with Gasteiger partial charge in [0, 0.05) is 12.6 Å². The van der Waals surface area contributed by atoms with Crippen LogP contribution in [0.1, 0.15) is 41.6 Å². The number of alkyl halides is 3. The van der Waals surface area contributed by atoms with E-state index in [4.69, 9.17) is 0 Å². The number of benzene rings is 1. The second-order valence-corrected chi connectivity index (χ2v) is 6.36. The van der Waals surface area contributed by atoms with Crippen LogP contribution in [0.3, 0.4) is 0 Å². The number of halogens is 3. The van der Waals surface area contributed by atoms with E-state index in [1.807, 2.05) is 0 Å². The van der Waals surface area contributed by atoms with Crippen LogP contribution in [0.2, 0.25) is 0 Å². The van der Waals surface area contributed by atoms with Gasteiger partial charge >= 0.3 is 6.18 Å². The van der Waals surface area contributed by atoms with E-state index in [1.165, 1.54) is 18.2 Å². The van der Waals surface area contributed by atoms with Crippen molar-refractivity contribution in [3.63, 3.8) is 0 Å². The molecular formula is C17H21F3N2O. The van der Waals surface area contributed by atoms with Gasteiger partial charge in [0.2, 0.25) is 0 Å². The number of likely N-dealkylation sites (tertiary alicyclic amines) is 1. The van der Waals surface area contributed by atoms with Crippen LogP contribution >= 0.6 is 0 Å². The highest BCUT2D eigenvalue weighted by Crippen LogP contribution is 2.34. The quantitative estimate of drug-likeness (QED) is 0.859. The maximum atomic E-state index is 13.2. The first-order chi connectivity index (χ1) is 11.0. The lowest BCUT2D eigenvalue weighted by Gasteiger charge is -2.39. The van der Waals surface area contributed by atoms with Crippen molar-refractivity contribution in [3.05, 3.63) is 35.4 Å². The minimum atomic E-state index is -4.51. The van der Waals surface area contributed by atoms with Gasteiger partial charge in [0.1, 0.15) is 0 Å². The zero-order chi connectivity index (χ0) is 16.4. The van der Waals surface area contributed by atoms with E-state index >= 15 is 0 Å². The van der Waals surface area contributed by atoms with Gasteiger partial charge < -0.3 is 10.2 Å². The molecule has 1 aromatic rings. The summed E-state index contributed by atoms with van der Waals surface area (Å²) in [5, 5.41) is 3.33. The molecule has 2 atom stereocenters. The molecule has 3 rings (SSSR count). The topological polar surface area (TPSA) is 32.3 Å². The number of hydrogen-bond donors (Lipinski definition) is 1. The van der Waals surface area contributed by atoms with Gasteiger partial charge in [-0.2, -0.15) is 13.2 Å². The van der Waals surface area contributed by atoms with E-state index in [0.29, 0.717) is 12.5 Å². The molecule has 0 saturated carbocycles. The summed E-state index contributed by atoms with van der Waals surface area (Å²) in [5.74, 6) is -0.134. The van der Waals surface area contributed by atoms with Crippen molar-refractivity contribution in [2.24, 2.45) is 5.92 Å². The third kappa shape index (κ3) is 3.37. The Hall–Kier alpha value is -1.56. The van der Waals surface area contributed by atoms with Gasteiger partial charge in [-0.3, -0.25) is 4.79 Å². The fraction of sp³-hybridized carbons (Fsp3) is 0.588. The molecule has 2 aliphatic rings. The molecule has 1 N–H and O–H groups in total. The van der Waals surface area contributed by atoms with Crippen molar-refractivity contribution in [3.8, 4) is 0 Å². The average molecular weight is 326 g/mol. The van der Waals surface area contributed by atoms with Gasteiger partial charge in [0.25, 0.3) is 5.91 Å². The summed E-state index contributed by atoms with van der Waals surface area (Å²) in [7, 11) is 0. The highest BCUT2D eigenvalue weighted by atomic mass is 19.4. The van der Waals surface area contributed by atoms with E-state index < -0.39 is 17.6 Å². The Morgan fingerprint density at radius 3 is 2.74 bits per heavy atom. The lowest BCUT2D eigenvalue weighted by molar-refractivity contribution is -0.138. The van der Waals surface area contributed by atoms with E-state index in [9.17, 15) is 18.0 Å². The number of nitrogens with zero attached hydrogens (tertiary/aromatic N) is 1. The first-order valence-electron chi connectivity index (χ1n) is 8.16. The zero-order valence-corrected chi connectivity index (χ0v) is 12.9. The van der Waals surface area contributed by atoms with Crippen molar-refractivity contribution < 1.29 is 18.0 Å². The molecule has 2 fully saturated rings. The molecule has 1 amide bonds. The number of carbonyl (C=O) groups excluding carboxylic acids is 1. The van der Waals surface area contributed by atoms with E-state index in [1.54, 1.807) is 4.90 Å². The van der Waals surface area contributed by atoms with Crippen molar-refractivity contribution >= 4 is 5.91 Å². The van der Waals surface area contributed by atoms with Crippen molar-refractivity contribution in [2.75, 3.05) is 19.6 Å². The standard InChI is InChI=1S/C17H21F3N2O/c18-17(19,20)14-7-2-1-6-13(14)16(23)22-10-4-3-5-12-11-21-9-8-15(12)22/h1-2,6-7,12,15,21H,3-5,8-11H2/t12-,15+/m0/s1. The lowest BCUT2D eigenvalue weighted by Crippen LogP contribution is -2.51. The van der Waals surface area contributed by atoms with Crippen molar-refractivity contribution in [1.29, 1.82) is 0 Å². The highest BCUT2D eigenvalue weighted by molar-refractivity contribution is 5.96. The number of rotatable bonds is 1. The molecule has 0 bridgehead atoms. The number of carbonyl (C=O) groups is 1. The molecule has 2 saturated heterocycles. The maximum absolute atomic E-state index is 13.2. The molecular weight excluding hydrogens is 305 g/mol. The molecule has 126 valence electrons. The fourth-order valence-corrected chi connectivity index (χ4v) is 3.79.